The van der Waals surface area contributed by atoms with Crippen LogP contribution in [0.4, 0.5) is 0 Å². The molecule has 1 heterocycles. The van der Waals surface area contributed by atoms with Gasteiger partial charge in [0.2, 0.25) is 5.91 Å². The molecule has 134 valence electrons. The Morgan fingerprint density at radius 1 is 1.24 bits per heavy atom. The third-order valence-corrected chi connectivity index (χ3v) is 6.73. The lowest BCUT2D eigenvalue weighted by molar-refractivity contribution is -0.116. The minimum atomic E-state index is -3.44. The van der Waals surface area contributed by atoms with Gasteiger partial charge in [0.1, 0.15) is 9.96 Å². The Balaban J connectivity index is 1.97. The number of thiophene rings is 1. The molecule has 0 saturated carbocycles. The Morgan fingerprint density at radius 3 is 2.64 bits per heavy atom. The molecule has 2 rings (SSSR count). The SMILES string of the molecule is COc1ccccc1/C=C/C(=O)NCc1ccc(S(=O)(=O)N(C)C)s1. The first-order chi connectivity index (χ1) is 11.8. The molecular weight excluding hydrogens is 360 g/mol. The van der Waals surface area contributed by atoms with Crippen LogP contribution in [0.2, 0.25) is 0 Å². The summed E-state index contributed by atoms with van der Waals surface area (Å²) in [6, 6.07) is 10.6. The molecule has 0 unspecified atom stereocenters. The van der Waals surface area contributed by atoms with E-state index in [1.807, 2.05) is 24.3 Å². The number of methoxy groups -OCH3 is 1. The number of carbonyl (C=O) groups excluding carboxylic acids is 1. The van der Waals surface area contributed by atoms with E-state index in [-0.39, 0.29) is 16.7 Å². The van der Waals surface area contributed by atoms with Crippen molar-refractivity contribution in [3.8, 4) is 5.75 Å². The second-order valence-electron chi connectivity index (χ2n) is 5.30. The van der Waals surface area contributed by atoms with Gasteiger partial charge in [0.05, 0.1) is 13.7 Å². The van der Waals surface area contributed by atoms with E-state index in [9.17, 15) is 13.2 Å². The van der Waals surface area contributed by atoms with Crippen LogP contribution in [-0.4, -0.2) is 39.8 Å². The molecule has 0 aliphatic carbocycles. The molecule has 0 aliphatic rings. The zero-order valence-electron chi connectivity index (χ0n) is 14.2. The number of amides is 1. The number of benzene rings is 1. The molecule has 0 atom stereocenters. The van der Waals surface area contributed by atoms with E-state index in [0.29, 0.717) is 5.75 Å². The van der Waals surface area contributed by atoms with Crippen LogP contribution >= 0.6 is 11.3 Å². The molecule has 1 aromatic heterocycles. The maximum absolute atomic E-state index is 12.0. The van der Waals surface area contributed by atoms with Crippen molar-refractivity contribution < 1.29 is 17.9 Å². The molecule has 25 heavy (non-hydrogen) atoms. The van der Waals surface area contributed by atoms with Gasteiger partial charge in [-0.3, -0.25) is 4.79 Å². The summed E-state index contributed by atoms with van der Waals surface area (Å²) >= 11 is 1.14. The largest absolute Gasteiger partial charge is 0.496 e. The van der Waals surface area contributed by atoms with Crippen LogP contribution in [0.25, 0.3) is 6.08 Å². The number of nitrogens with zero attached hydrogens (tertiary/aromatic N) is 1. The first kappa shape index (κ1) is 19.2. The maximum atomic E-state index is 12.0. The fourth-order valence-corrected chi connectivity index (χ4v) is 4.44. The van der Waals surface area contributed by atoms with Crippen molar-refractivity contribution in [2.75, 3.05) is 21.2 Å². The quantitative estimate of drug-likeness (QED) is 0.748. The van der Waals surface area contributed by atoms with E-state index in [2.05, 4.69) is 5.32 Å². The normalized spacial score (nSPS) is 11.8. The van der Waals surface area contributed by atoms with Crippen LogP contribution in [0.15, 0.2) is 46.7 Å². The maximum Gasteiger partial charge on any atom is 0.252 e. The van der Waals surface area contributed by atoms with E-state index in [0.717, 1.165) is 26.1 Å². The van der Waals surface area contributed by atoms with Crippen LogP contribution in [0.1, 0.15) is 10.4 Å². The Kier molecular flexibility index (Phi) is 6.35. The molecule has 0 aliphatic heterocycles. The fourth-order valence-electron chi connectivity index (χ4n) is 1.97. The first-order valence-electron chi connectivity index (χ1n) is 7.45. The Bertz CT molecular complexity index is 870. The summed E-state index contributed by atoms with van der Waals surface area (Å²) in [7, 11) is 1.11. The summed E-state index contributed by atoms with van der Waals surface area (Å²) in [6.07, 6.45) is 3.09. The molecule has 8 heteroatoms. The molecule has 0 radical (unpaired) electrons. The van der Waals surface area contributed by atoms with Gasteiger partial charge in [-0.2, -0.15) is 0 Å². The number of para-hydroxylation sites is 1. The lowest BCUT2D eigenvalue weighted by atomic mass is 10.2. The number of carbonyl (C=O) groups is 1. The Hall–Kier alpha value is -2.16. The predicted octanol–water partition coefficient (Wildman–Crippen LogP) is 2.34. The molecule has 0 spiro atoms. The van der Waals surface area contributed by atoms with Crippen molar-refractivity contribution >= 4 is 33.3 Å². The molecule has 2 aromatic rings. The molecule has 6 nitrogen and oxygen atoms in total. The van der Waals surface area contributed by atoms with Gasteiger partial charge in [-0.15, -0.1) is 11.3 Å². The lowest BCUT2D eigenvalue weighted by Crippen LogP contribution is -2.21. The molecular formula is C17H20N2O4S2. The number of sulfonamides is 1. The van der Waals surface area contributed by atoms with Crippen molar-refractivity contribution in [2.24, 2.45) is 0 Å². The smallest absolute Gasteiger partial charge is 0.252 e. The number of rotatable bonds is 7. The van der Waals surface area contributed by atoms with Crippen molar-refractivity contribution in [3.05, 3.63) is 52.9 Å². The van der Waals surface area contributed by atoms with Crippen molar-refractivity contribution in [3.63, 3.8) is 0 Å². The Labute approximate surface area is 151 Å². The number of hydrogen-bond acceptors (Lipinski definition) is 5. The Morgan fingerprint density at radius 2 is 1.96 bits per heavy atom. The number of nitrogens with one attached hydrogen (secondary N) is 1. The predicted molar refractivity (Wildman–Crippen MR) is 99.1 cm³/mol. The molecule has 0 saturated heterocycles. The zero-order valence-corrected chi connectivity index (χ0v) is 15.9. The van der Waals surface area contributed by atoms with E-state index < -0.39 is 10.0 Å². The standard InChI is InChI=1S/C17H20N2O4S2/c1-19(2)25(21,22)17-11-9-14(24-17)12-18-16(20)10-8-13-6-4-5-7-15(13)23-3/h4-11H,12H2,1-3H3,(H,18,20)/b10-8+. The average molecular weight is 380 g/mol. The molecule has 0 fully saturated rings. The van der Waals surface area contributed by atoms with Gasteiger partial charge in [-0.1, -0.05) is 18.2 Å². The van der Waals surface area contributed by atoms with Gasteiger partial charge in [-0.05, 0) is 24.3 Å². The minimum Gasteiger partial charge on any atom is -0.496 e. The summed E-state index contributed by atoms with van der Waals surface area (Å²) in [5.41, 5.74) is 0.802. The fraction of sp³-hybridized carbons (Fsp3) is 0.235. The summed E-state index contributed by atoms with van der Waals surface area (Å²) in [6.45, 7) is 0.267. The van der Waals surface area contributed by atoms with Gasteiger partial charge < -0.3 is 10.1 Å². The molecule has 1 aromatic carbocycles. The highest BCUT2D eigenvalue weighted by Gasteiger charge is 2.19. The lowest BCUT2D eigenvalue weighted by Gasteiger charge is -2.08. The van der Waals surface area contributed by atoms with Crippen LogP contribution < -0.4 is 10.1 Å². The van der Waals surface area contributed by atoms with Gasteiger partial charge in [0.15, 0.2) is 0 Å². The highest BCUT2D eigenvalue weighted by atomic mass is 32.2. The van der Waals surface area contributed by atoms with E-state index >= 15 is 0 Å². The number of hydrogen-bond donors (Lipinski definition) is 1. The topological polar surface area (TPSA) is 75.7 Å². The summed E-state index contributed by atoms with van der Waals surface area (Å²) < 4.78 is 30.7. The van der Waals surface area contributed by atoms with Gasteiger partial charge in [0.25, 0.3) is 10.0 Å². The molecule has 1 N–H and O–H groups in total. The summed E-state index contributed by atoms with van der Waals surface area (Å²) in [5.74, 6) is 0.416. The summed E-state index contributed by atoms with van der Waals surface area (Å²) in [4.78, 5) is 12.7. The van der Waals surface area contributed by atoms with Gasteiger partial charge in [0, 0.05) is 30.6 Å². The van der Waals surface area contributed by atoms with Gasteiger partial charge >= 0.3 is 0 Å². The van der Waals surface area contributed by atoms with Crippen molar-refractivity contribution in [2.45, 2.75) is 10.8 Å². The molecule has 1 amide bonds. The second-order valence-corrected chi connectivity index (χ2v) is 8.85. The van der Waals surface area contributed by atoms with Crippen molar-refractivity contribution in [1.29, 1.82) is 0 Å². The second kappa shape index (κ2) is 8.28. The van der Waals surface area contributed by atoms with E-state index in [1.165, 1.54) is 20.2 Å². The van der Waals surface area contributed by atoms with E-state index in [4.69, 9.17) is 4.74 Å². The molecule has 0 bridgehead atoms. The number of ether oxygens (including phenoxy) is 1. The minimum absolute atomic E-state index is 0.256. The van der Waals surface area contributed by atoms with Crippen LogP contribution in [0.3, 0.4) is 0 Å². The monoisotopic (exact) mass is 380 g/mol. The first-order valence-corrected chi connectivity index (χ1v) is 9.70. The van der Waals surface area contributed by atoms with E-state index in [1.54, 1.807) is 25.3 Å². The average Bonchev–Trinajstić information content (AvgIpc) is 3.08. The zero-order chi connectivity index (χ0) is 18.4. The van der Waals surface area contributed by atoms with Gasteiger partial charge in [-0.25, -0.2) is 12.7 Å². The highest BCUT2D eigenvalue weighted by molar-refractivity contribution is 7.91. The van der Waals surface area contributed by atoms with Crippen LogP contribution in [0.5, 0.6) is 5.75 Å². The highest BCUT2D eigenvalue weighted by Crippen LogP contribution is 2.23. The third kappa shape index (κ3) is 4.91. The summed E-state index contributed by atoms with van der Waals surface area (Å²) in [5, 5.41) is 2.74. The van der Waals surface area contributed by atoms with Crippen LogP contribution in [0, 0.1) is 0 Å². The van der Waals surface area contributed by atoms with Crippen molar-refractivity contribution in [1.82, 2.24) is 9.62 Å². The third-order valence-electron chi connectivity index (χ3n) is 3.36. The van der Waals surface area contributed by atoms with Crippen LogP contribution in [-0.2, 0) is 21.4 Å².